The monoisotopic (exact) mass is 312 g/mol. The number of alkyl halides is 1. The van der Waals surface area contributed by atoms with Crippen LogP contribution >= 0.6 is 27.5 Å². The Labute approximate surface area is 115 Å². The average Bonchev–Trinajstić information content (AvgIpc) is 3.11. The Hall–Kier alpha value is -0.490. The smallest absolute Gasteiger partial charge is 0.0813 e. The van der Waals surface area contributed by atoms with E-state index in [0.29, 0.717) is 18.2 Å². The van der Waals surface area contributed by atoms with E-state index in [4.69, 9.17) is 11.6 Å². The van der Waals surface area contributed by atoms with Crippen molar-refractivity contribution in [1.82, 2.24) is 0 Å². The summed E-state index contributed by atoms with van der Waals surface area (Å²) in [4.78, 5) is 0. The van der Waals surface area contributed by atoms with Gasteiger partial charge in [-0.2, -0.15) is 0 Å². The summed E-state index contributed by atoms with van der Waals surface area (Å²) in [6.07, 6.45) is 2.44. The van der Waals surface area contributed by atoms with Crippen LogP contribution in [0, 0.1) is 17.8 Å². The largest absolute Gasteiger partial charge is 0.388 e. The molecule has 0 aliphatic heterocycles. The van der Waals surface area contributed by atoms with Crippen molar-refractivity contribution in [2.75, 3.05) is 5.88 Å². The molecule has 1 unspecified atom stereocenters. The molecule has 1 aromatic rings. The minimum atomic E-state index is -0.534. The van der Waals surface area contributed by atoms with Crippen molar-refractivity contribution in [2.24, 2.45) is 5.92 Å². The van der Waals surface area contributed by atoms with E-state index < -0.39 is 6.10 Å². The van der Waals surface area contributed by atoms with Gasteiger partial charge in [0.15, 0.2) is 0 Å². The molecule has 0 heterocycles. The maximum absolute atomic E-state index is 10.0. The van der Waals surface area contributed by atoms with E-state index in [-0.39, 0.29) is 0 Å². The van der Waals surface area contributed by atoms with E-state index in [1.807, 2.05) is 18.2 Å². The van der Waals surface area contributed by atoms with Crippen LogP contribution in [-0.4, -0.2) is 11.0 Å². The highest BCUT2D eigenvalue weighted by atomic mass is 79.9. The minimum Gasteiger partial charge on any atom is -0.388 e. The van der Waals surface area contributed by atoms with Crippen molar-refractivity contribution in [2.45, 2.75) is 25.4 Å². The Morgan fingerprint density at radius 1 is 1.47 bits per heavy atom. The standard InChI is InChI=1S/C14H14BrClO/c15-12-6-5-11(4-3-10-1-2-10)13(9-12)14(17)7-8-16/h5-6,9-10,14,17H,1-2,7-8H2. The van der Waals surface area contributed by atoms with Crippen molar-refractivity contribution < 1.29 is 5.11 Å². The summed E-state index contributed by atoms with van der Waals surface area (Å²) in [6, 6.07) is 5.83. The first-order chi connectivity index (χ1) is 8.20. The molecule has 0 spiro atoms. The second-order valence-electron chi connectivity index (χ2n) is 4.27. The highest BCUT2D eigenvalue weighted by Gasteiger charge is 2.18. The van der Waals surface area contributed by atoms with Crippen molar-refractivity contribution >= 4 is 27.5 Å². The van der Waals surface area contributed by atoms with Crippen molar-refractivity contribution in [3.8, 4) is 11.8 Å². The fourth-order valence-corrected chi connectivity index (χ4v) is 2.17. The van der Waals surface area contributed by atoms with Crippen LogP contribution in [0.25, 0.3) is 0 Å². The number of hydrogen-bond acceptors (Lipinski definition) is 1. The van der Waals surface area contributed by atoms with Crippen molar-refractivity contribution in [3.05, 3.63) is 33.8 Å². The Balaban J connectivity index is 2.27. The van der Waals surface area contributed by atoms with Gasteiger partial charge in [-0.1, -0.05) is 27.8 Å². The molecule has 1 aliphatic carbocycles. The predicted molar refractivity (Wildman–Crippen MR) is 74.0 cm³/mol. The Kier molecular flexibility index (Phi) is 4.50. The van der Waals surface area contributed by atoms with Gasteiger partial charge >= 0.3 is 0 Å². The van der Waals surface area contributed by atoms with E-state index in [9.17, 15) is 5.11 Å². The first-order valence-corrected chi connectivity index (χ1v) is 7.08. The van der Waals surface area contributed by atoms with Gasteiger partial charge in [0.1, 0.15) is 0 Å². The Morgan fingerprint density at radius 2 is 2.24 bits per heavy atom. The van der Waals surface area contributed by atoms with Gasteiger partial charge in [0.25, 0.3) is 0 Å². The van der Waals surface area contributed by atoms with E-state index >= 15 is 0 Å². The molecular weight excluding hydrogens is 300 g/mol. The van der Waals surface area contributed by atoms with Gasteiger partial charge in [0.2, 0.25) is 0 Å². The maximum Gasteiger partial charge on any atom is 0.0813 e. The van der Waals surface area contributed by atoms with Crippen LogP contribution in [0.5, 0.6) is 0 Å². The summed E-state index contributed by atoms with van der Waals surface area (Å²) in [5, 5.41) is 10.0. The van der Waals surface area contributed by atoms with Gasteiger partial charge in [-0.3, -0.25) is 0 Å². The fourth-order valence-electron chi connectivity index (χ4n) is 1.59. The lowest BCUT2D eigenvalue weighted by molar-refractivity contribution is 0.174. The molecule has 1 nitrogen and oxygen atoms in total. The number of rotatable bonds is 3. The Bertz CT molecular complexity index is 457. The molecule has 1 aromatic carbocycles. The summed E-state index contributed by atoms with van der Waals surface area (Å²) in [5.74, 6) is 7.40. The van der Waals surface area contributed by atoms with Crippen LogP contribution in [0.1, 0.15) is 36.5 Å². The highest BCUT2D eigenvalue weighted by molar-refractivity contribution is 9.10. The van der Waals surface area contributed by atoms with E-state index in [1.165, 1.54) is 12.8 Å². The molecule has 2 rings (SSSR count). The quantitative estimate of drug-likeness (QED) is 0.663. The molecule has 17 heavy (non-hydrogen) atoms. The first-order valence-electron chi connectivity index (χ1n) is 5.75. The summed E-state index contributed by atoms with van der Waals surface area (Å²) in [7, 11) is 0. The number of halogens is 2. The van der Waals surface area contributed by atoms with Gasteiger partial charge in [0, 0.05) is 21.8 Å². The molecule has 0 aromatic heterocycles. The molecule has 1 saturated carbocycles. The summed E-state index contributed by atoms with van der Waals surface area (Å²) < 4.78 is 0.957. The molecule has 0 amide bonds. The Morgan fingerprint density at radius 3 is 2.88 bits per heavy atom. The first kappa shape index (κ1) is 13.0. The lowest BCUT2D eigenvalue weighted by Crippen LogP contribution is -2.01. The summed E-state index contributed by atoms with van der Waals surface area (Å²) in [5.41, 5.74) is 1.78. The summed E-state index contributed by atoms with van der Waals surface area (Å²) in [6.45, 7) is 0. The SMILES string of the molecule is OC(CCCl)c1cc(Br)ccc1C#CC1CC1. The molecular formula is C14H14BrClO. The zero-order chi connectivity index (χ0) is 12.3. The molecule has 1 atom stereocenters. The second kappa shape index (κ2) is 5.91. The average molecular weight is 314 g/mol. The zero-order valence-electron chi connectivity index (χ0n) is 9.42. The highest BCUT2D eigenvalue weighted by Crippen LogP contribution is 2.29. The molecule has 0 radical (unpaired) electrons. The zero-order valence-corrected chi connectivity index (χ0v) is 11.8. The lowest BCUT2D eigenvalue weighted by atomic mass is 10.0. The van der Waals surface area contributed by atoms with Crippen LogP contribution in [-0.2, 0) is 0 Å². The van der Waals surface area contributed by atoms with E-state index in [2.05, 4.69) is 27.8 Å². The van der Waals surface area contributed by atoms with Gasteiger partial charge in [-0.15, -0.1) is 11.6 Å². The van der Waals surface area contributed by atoms with Crippen LogP contribution < -0.4 is 0 Å². The fraction of sp³-hybridized carbons (Fsp3) is 0.429. The van der Waals surface area contributed by atoms with Gasteiger partial charge in [-0.25, -0.2) is 0 Å². The molecule has 1 N–H and O–H groups in total. The van der Waals surface area contributed by atoms with Crippen LogP contribution in [0.3, 0.4) is 0 Å². The van der Waals surface area contributed by atoms with Crippen LogP contribution in [0.2, 0.25) is 0 Å². The minimum absolute atomic E-state index is 0.448. The van der Waals surface area contributed by atoms with Gasteiger partial charge < -0.3 is 5.11 Å². The van der Waals surface area contributed by atoms with Gasteiger partial charge in [0.05, 0.1) is 6.10 Å². The van der Waals surface area contributed by atoms with Crippen molar-refractivity contribution in [1.29, 1.82) is 0 Å². The molecule has 1 fully saturated rings. The summed E-state index contributed by atoms with van der Waals surface area (Å²) >= 11 is 9.08. The third-order valence-electron chi connectivity index (χ3n) is 2.74. The number of aliphatic hydroxyl groups excluding tert-OH is 1. The number of benzene rings is 1. The number of hydrogen-bond donors (Lipinski definition) is 1. The topological polar surface area (TPSA) is 20.2 Å². The molecule has 0 bridgehead atoms. The molecule has 90 valence electrons. The maximum atomic E-state index is 10.0. The van der Waals surface area contributed by atoms with E-state index in [1.54, 1.807) is 0 Å². The second-order valence-corrected chi connectivity index (χ2v) is 5.56. The lowest BCUT2D eigenvalue weighted by Gasteiger charge is -2.12. The van der Waals surface area contributed by atoms with Gasteiger partial charge in [-0.05, 0) is 43.0 Å². The molecule has 1 aliphatic rings. The third kappa shape index (κ3) is 3.74. The number of aliphatic hydroxyl groups is 1. The van der Waals surface area contributed by atoms with Crippen molar-refractivity contribution in [3.63, 3.8) is 0 Å². The van der Waals surface area contributed by atoms with Crippen LogP contribution in [0.4, 0.5) is 0 Å². The predicted octanol–water partition coefficient (Wildman–Crippen LogP) is 3.87. The molecule has 3 heteroatoms. The third-order valence-corrected chi connectivity index (χ3v) is 3.45. The van der Waals surface area contributed by atoms with Crippen LogP contribution in [0.15, 0.2) is 22.7 Å². The van der Waals surface area contributed by atoms with E-state index in [0.717, 1.165) is 15.6 Å². The molecule has 0 saturated heterocycles. The normalized spacial score (nSPS) is 16.2.